The van der Waals surface area contributed by atoms with Crippen LogP contribution in [0, 0.1) is 0 Å². The second-order valence-electron chi connectivity index (χ2n) is 9.51. The zero-order valence-electron chi connectivity index (χ0n) is 24.5. The average molecular weight is 595 g/mol. The van der Waals surface area contributed by atoms with E-state index in [1.54, 1.807) is 45.0 Å². The number of carbonyl (C=O) groups is 2. The lowest BCUT2D eigenvalue weighted by Crippen LogP contribution is -2.40. The van der Waals surface area contributed by atoms with Crippen molar-refractivity contribution < 1.29 is 33.3 Å². The van der Waals surface area contributed by atoms with Gasteiger partial charge in [-0.25, -0.2) is 14.6 Å². The molecular formula is C31H34N2O8S. The molecule has 42 heavy (non-hydrogen) atoms. The van der Waals surface area contributed by atoms with Crippen LogP contribution in [0.1, 0.15) is 51.8 Å². The second-order valence-corrected chi connectivity index (χ2v) is 10.5. The number of nitrogens with zero attached hydrogens (tertiary/aromatic N) is 2. The predicted octanol–water partition coefficient (Wildman–Crippen LogP) is 3.54. The van der Waals surface area contributed by atoms with Crippen LogP contribution < -0.4 is 29.1 Å². The topological polar surface area (TPSA) is 115 Å². The first-order valence-electron chi connectivity index (χ1n) is 13.6. The van der Waals surface area contributed by atoms with Crippen molar-refractivity contribution in [3.05, 3.63) is 84.5 Å². The molecule has 0 aliphatic carbocycles. The molecule has 222 valence electrons. The van der Waals surface area contributed by atoms with Crippen LogP contribution in [-0.4, -0.2) is 49.5 Å². The Bertz CT molecular complexity index is 1690. The zero-order valence-corrected chi connectivity index (χ0v) is 25.3. The molecule has 3 aromatic rings. The molecule has 4 rings (SSSR count). The van der Waals surface area contributed by atoms with Crippen LogP contribution >= 0.6 is 11.3 Å². The number of carbonyl (C=O) groups excluding carboxylic acids is 2. The number of rotatable bonds is 11. The number of aromatic nitrogens is 1. The fraction of sp³-hybridized carbons (Fsp3) is 0.355. The van der Waals surface area contributed by atoms with Crippen LogP contribution in [0.25, 0.3) is 6.08 Å². The Balaban J connectivity index is 1.83. The first-order valence-corrected chi connectivity index (χ1v) is 14.4. The van der Waals surface area contributed by atoms with Crippen LogP contribution in [0.3, 0.4) is 0 Å². The molecule has 10 nitrogen and oxygen atoms in total. The van der Waals surface area contributed by atoms with Gasteiger partial charge in [-0.3, -0.25) is 9.36 Å². The third-order valence-electron chi connectivity index (χ3n) is 6.23. The minimum Gasteiger partial charge on any atom is -0.493 e. The molecule has 1 atom stereocenters. The van der Waals surface area contributed by atoms with Crippen molar-refractivity contribution in [3.63, 3.8) is 0 Å². The van der Waals surface area contributed by atoms with Gasteiger partial charge in [-0.1, -0.05) is 35.6 Å². The molecule has 0 spiro atoms. The van der Waals surface area contributed by atoms with Crippen LogP contribution in [0.15, 0.2) is 63.5 Å². The number of thiazole rings is 1. The van der Waals surface area contributed by atoms with E-state index in [0.717, 1.165) is 0 Å². The summed E-state index contributed by atoms with van der Waals surface area (Å²) in [5, 5.41) is 0. The van der Waals surface area contributed by atoms with Crippen LogP contribution in [0.4, 0.5) is 0 Å². The predicted molar refractivity (Wildman–Crippen MR) is 158 cm³/mol. The van der Waals surface area contributed by atoms with Gasteiger partial charge in [0.05, 0.1) is 42.2 Å². The minimum absolute atomic E-state index is 0.127. The van der Waals surface area contributed by atoms with Gasteiger partial charge in [-0.15, -0.1) is 0 Å². The van der Waals surface area contributed by atoms with Gasteiger partial charge in [0.1, 0.15) is 11.8 Å². The van der Waals surface area contributed by atoms with E-state index in [1.807, 2.05) is 38.1 Å². The smallest absolute Gasteiger partial charge is 0.344 e. The van der Waals surface area contributed by atoms with E-state index in [4.69, 9.17) is 23.7 Å². The lowest BCUT2D eigenvalue weighted by atomic mass is 9.95. The van der Waals surface area contributed by atoms with E-state index in [2.05, 4.69) is 4.99 Å². The molecule has 0 fully saturated rings. The summed E-state index contributed by atoms with van der Waals surface area (Å²) < 4.78 is 29.3. The lowest BCUT2D eigenvalue weighted by Gasteiger charge is -2.26. The Morgan fingerprint density at radius 3 is 2.48 bits per heavy atom. The molecule has 0 bridgehead atoms. The molecule has 0 unspecified atom stereocenters. The fourth-order valence-electron chi connectivity index (χ4n) is 4.54. The van der Waals surface area contributed by atoms with Gasteiger partial charge in [0, 0.05) is 5.56 Å². The van der Waals surface area contributed by atoms with Crippen LogP contribution in [0.2, 0.25) is 0 Å². The lowest BCUT2D eigenvalue weighted by molar-refractivity contribution is -0.145. The van der Waals surface area contributed by atoms with Gasteiger partial charge in [-0.2, -0.15) is 0 Å². The summed E-state index contributed by atoms with van der Waals surface area (Å²) in [6, 6.07) is 11.7. The van der Waals surface area contributed by atoms with Gasteiger partial charge in [-0.05, 0) is 64.5 Å². The molecule has 0 amide bonds. The minimum atomic E-state index is -0.800. The SMILES string of the molecule is CCOC(=O)COc1ccc(/C=c2/sc3n(c2=O)[C@H](c2ccccc2OC(C)C)C(C(=O)OCC)=C(C)N=3)cc1OC. The number of ether oxygens (including phenoxy) is 5. The number of hydrogen-bond acceptors (Lipinski definition) is 10. The molecule has 0 saturated carbocycles. The van der Waals surface area contributed by atoms with Crippen LogP contribution in [0.5, 0.6) is 17.2 Å². The molecule has 2 aromatic carbocycles. The standard InChI is InChI=1S/C31H34N2O8S/c1-7-38-26(34)17-40-23-14-13-20(15-24(23)37-6)16-25-29(35)33-28(21-11-9-10-12-22(21)41-18(3)4)27(30(36)39-8-2)19(5)32-31(33)42-25/h9-16,18,28H,7-8,17H2,1-6H3/b25-16+/t28-/m1/s1. The Morgan fingerprint density at radius 2 is 1.79 bits per heavy atom. The highest BCUT2D eigenvalue weighted by Gasteiger charge is 2.35. The number of benzene rings is 2. The maximum Gasteiger partial charge on any atom is 0.344 e. The number of esters is 2. The number of hydrogen-bond donors (Lipinski definition) is 0. The summed E-state index contributed by atoms with van der Waals surface area (Å²) in [5.41, 5.74) is 1.75. The largest absolute Gasteiger partial charge is 0.493 e. The van der Waals surface area contributed by atoms with Crippen molar-refractivity contribution in [2.75, 3.05) is 26.9 Å². The maximum atomic E-state index is 14.0. The molecule has 2 heterocycles. The number of para-hydroxylation sites is 1. The average Bonchev–Trinajstić information content (AvgIpc) is 3.25. The molecule has 1 aliphatic heterocycles. The fourth-order valence-corrected chi connectivity index (χ4v) is 5.58. The van der Waals surface area contributed by atoms with Gasteiger partial charge in [0.2, 0.25) is 0 Å². The summed E-state index contributed by atoms with van der Waals surface area (Å²) >= 11 is 1.21. The molecule has 0 saturated heterocycles. The van der Waals surface area contributed by atoms with E-state index in [-0.39, 0.29) is 37.1 Å². The highest BCUT2D eigenvalue weighted by Crippen LogP contribution is 2.36. The van der Waals surface area contributed by atoms with Crippen molar-refractivity contribution in [1.29, 1.82) is 0 Å². The molecule has 1 aliphatic rings. The summed E-state index contributed by atoms with van der Waals surface area (Å²) in [6.45, 7) is 9.19. The first kappa shape index (κ1) is 30.6. The van der Waals surface area contributed by atoms with E-state index >= 15 is 0 Å². The van der Waals surface area contributed by atoms with Gasteiger partial charge < -0.3 is 23.7 Å². The molecule has 0 N–H and O–H groups in total. The molecule has 1 aromatic heterocycles. The first-order chi connectivity index (χ1) is 20.2. The van der Waals surface area contributed by atoms with E-state index < -0.39 is 18.0 Å². The number of allylic oxidation sites excluding steroid dienone is 1. The monoisotopic (exact) mass is 594 g/mol. The Labute approximate surface area is 247 Å². The van der Waals surface area contributed by atoms with Crippen molar-refractivity contribution >= 4 is 29.4 Å². The van der Waals surface area contributed by atoms with Crippen molar-refractivity contribution in [2.24, 2.45) is 4.99 Å². The summed E-state index contributed by atoms with van der Waals surface area (Å²) in [6.07, 6.45) is 1.59. The van der Waals surface area contributed by atoms with Crippen molar-refractivity contribution in [2.45, 2.75) is 46.8 Å². The van der Waals surface area contributed by atoms with Crippen molar-refractivity contribution in [3.8, 4) is 17.2 Å². The Kier molecular flexibility index (Phi) is 9.84. The summed E-state index contributed by atoms with van der Waals surface area (Å²) in [7, 11) is 1.49. The highest BCUT2D eigenvalue weighted by atomic mass is 32.1. The van der Waals surface area contributed by atoms with Crippen molar-refractivity contribution in [1.82, 2.24) is 4.57 Å². The van der Waals surface area contributed by atoms with Gasteiger partial charge in [0.25, 0.3) is 5.56 Å². The second kappa shape index (κ2) is 13.5. The Morgan fingerprint density at radius 1 is 1.05 bits per heavy atom. The third kappa shape index (κ3) is 6.57. The maximum absolute atomic E-state index is 14.0. The van der Waals surface area contributed by atoms with Crippen LogP contribution in [-0.2, 0) is 19.1 Å². The van der Waals surface area contributed by atoms with E-state index in [1.165, 1.54) is 23.0 Å². The highest BCUT2D eigenvalue weighted by molar-refractivity contribution is 7.07. The Hall–Kier alpha value is -4.38. The third-order valence-corrected chi connectivity index (χ3v) is 7.21. The van der Waals surface area contributed by atoms with E-state index in [0.29, 0.717) is 43.4 Å². The molecule has 11 heteroatoms. The quantitative estimate of drug-likeness (QED) is 0.310. The zero-order chi connectivity index (χ0) is 30.4. The van der Waals surface area contributed by atoms with Gasteiger partial charge in [0.15, 0.2) is 22.9 Å². The molecular weight excluding hydrogens is 560 g/mol. The number of methoxy groups -OCH3 is 1. The number of fused-ring (bicyclic) bond motifs is 1. The molecule has 0 radical (unpaired) electrons. The summed E-state index contributed by atoms with van der Waals surface area (Å²) in [5.74, 6) is 0.281. The normalized spacial score (nSPS) is 14.7. The van der Waals surface area contributed by atoms with E-state index in [9.17, 15) is 14.4 Å². The summed E-state index contributed by atoms with van der Waals surface area (Å²) in [4.78, 5) is 44.0. The van der Waals surface area contributed by atoms with Gasteiger partial charge >= 0.3 is 11.9 Å².